The number of pyridine rings is 1. The molecule has 32 heavy (non-hydrogen) atoms. The molecule has 0 aliphatic rings. The highest BCUT2D eigenvalue weighted by molar-refractivity contribution is 7.13. The van der Waals surface area contributed by atoms with Crippen molar-refractivity contribution < 1.29 is 9.53 Å². The Labute approximate surface area is 192 Å². The van der Waals surface area contributed by atoms with Crippen molar-refractivity contribution >= 4 is 11.3 Å². The number of aryl methyl sites for hydroxylation is 2. The first kappa shape index (κ1) is 22.0. The summed E-state index contributed by atoms with van der Waals surface area (Å²) >= 11 is 1.59. The second-order valence-electron chi connectivity index (χ2n) is 7.35. The van der Waals surface area contributed by atoms with Gasteiger partial charge in [-0.1, -0.05) is 30.2 Å². The maximum Gasteiger partial charge on any atom is 0.364 e. The van der Waals surface area contributed by atoms with E-state index in [0.717, 1.165) is 52.3 Å². The highest BCUT2D eigenvalue weighted by Crippen LogP contribution is 2.21. The number of hydrogen-bond donors (Lipinski definition) is 0. The Hall–Kier alpha value is -3.17. The molecule has 0 amide bonds. The summed E-state index contributed by atoms with van der Waals surface area (Å²) in [5, 5.41) is 10.3. The molecule has 0 saturated heterocycles. The van der Waals surface area contributed by atoms with Gasteiger partial charge in [-0.3, -0.25) is 4.98 Å². The Bertz CT molecular complexity index is 1130. The number of thiazole rings is 1. The Morgan fingerprint density at radius 3 is 2.50 bits per heavy atom. The van der Waals surface area contributed by atoms with Gasteiger partial charge in [-0.25, -0.2) is 0 Å². The quantitative estimate of drug-likeness (QED) is 0.364. The Morgan fingerprint density at radius 1 is 1.09 bits per heavy atom. The predicted octanol–water partition coefficient (Wildman–Crippen LogP) is 3.40. The van der Waals surface area contributed by atoms with Crippen LogP contribution in [0.1, 0.15) is 24.4 Å². The van der Waals surface area contributed by atoms with Crippen LogP contribution in [0.3, 0.4) is 0 Å². The van der Waals surface area contributed by atoms with Crippen LogP contribution in [0.5, 0.6) is 5.75 Å². The zero-order valence-electron chi connectivity index (χ0n) is 18.9. The monoisotopic (exact) mass is 450 g/mol. The summed E-state index contributed by atoms with van der Waals surface area (Å²) in [6.07, 6.45) is 3.50. The molecule has 0 aliphatic carbocycles. The molecule has 8 nitrogen and oxygen atoms in total. The highest BCUT2D eigenvalue weighted by Gasteiger charge is 2.25. The zero-order chi connectivity index (χ0) is 22.5. The maximum absolute atomic E-state index is 5.91. The van der Waals surface area contributed by atoms with E-state index in [-0.39, 0.29) is 0 Å². The molecule has 1 aromatic carbocycles. The molecule has 0 fully saturated rings. The number of ether oxygens (including phenoxy) is 1. The summed E-state index contributed by atoms with van der Waals surface area (Å²) in [5.41, 5.74) is 2.71. The number of aromatic nitrogens is 6. The summed E-state index contributed by atoms with van der Waals surface area (Å²) in [4.78, 5) is 15.8. The lowest BCUT2D eigenvalue weighted by atomic mass is 10.2. The largest absolute Gasteiger partial charge is 0.492 e. The van der Waals surface area contributed by atoms with Gasteiger partial charge in [0.2, 0.25) is 0 Å². The van der Waals surface area contributed by atoms with E-state index in [2.05, 4.69) is 35.6 Å². The number of likely N-dealkylation sites (N-methyl/N-ethyl adjacent to an activating group) is 1. The molecule has 0 N–H and O–H groups in total. The van der Waals surface area contributed by atoms with E-state index < -0.39 is 0 Å². The lowest BCUT2D eigenvalue weighted by Gasteiger charge is -2.17. The van der Waals surface area contributed by atoms with Crippen molar-refractivity contribution in [1.82, 2.24) is 29.9 Å². The van der Waals surface area contributed by atoms with Crippen molar-refractivity contribution in [3.63, 3.8) is 0 Å². The van der Waals surface area contributed by atoms with E-state index in [1.165, 1.54) is 0 Å². The summed E-state index contributed by atoms with van der Waals surface area (Å²) in [6, 6.07) is 11.7. The summed E-state index contributed by atoms with van der Waals surface area (Å²) in [5.74, 6) is 1.45. The molecule has 0 radical (unpaired) electrons. The van der Waals surface area contributed by atoms with Gasteiger partial charge in [-0.15, -0.1) is 0 Å². The maximum atomic E-state index is 5.91. The molecule has 0 atom stereocenters. The smallest absolute Gasteiger partial charge is 0.364 e. The van der Waals surface area contributed by atoms with E-state index in [9.17, 15) is 0 Å². The minimum Gasteiger partial charge on any atom is -0.492 e. The third-order valence-corrected chi connectivity index (χ3v) is 6.35. The first-order chi connectivity index (χ1) is 15.6. The summed E-state index contributed by atoms with van der Waals surface area (Å²) < 4.78 is 5.91. The average molecular weight is 451 g/mol. The third kappa shape index (κ3) is 4.84. The first-order valence-corrected chi connectivity index (χ1v) is 11.6. The molecule has 0 bridgehead atoms. The van der Waals surface area contributed by atoms with E-state index in [1.807, 2.05) is 43.3 Å². The highest BCUT2D eigenvalue weighted by atomic mass is 32.1. The fraction of sp³-hybridized carbons (Fsp3) is 0.348. The Balaban J connectivity index is 1.60. The fourth-order valence-corrected chi connectivity index (χ4v) is 4.09. The summed E-state index contributed by atoms with van der Waals surface area (Å²) in [6.45, 7) is 12.0. The van der Waals surface area contributed by atoms with Crippen LogP contribution in [0.15, 0.2) is 48.8 Å². The number of nitrogens with zero attached hydrogens (tertiary/aromatic N) is 7. The van der Waals surface area contributed by atoms with Crippen LogP contribution in [0.2, 0.25) is 0 Å². The second kappa shape index (κ2) is 9.97. The zero-order valence-corrected chi connectivity index (χ0v) is 19.7. The predicted molar refractivity (Wildman–Crippen MR) is 125 cm³/mol. The second-order valence-corrected chi connectivity index (χ2v) is 8.53. The topological polar surface area (TPSA) is 72.8 Å². The van der Waals surface area contributed by atoms with E-state index in [4.69, 9.17) is 14.9 Å². The van der Waals surface area contributed by atoms with Crippen molar-refractivity contribution in [3.05, 3.63) is 59.4 Å². The number of rotatable bonds is 9. The van der Waals surface area contributed by atoms with Crippen molar-refractivity contribution in [2.24, 2.45) is 0 Å². The Kier molecular flexibility index (Phi) is 6.87. The molecule has 4 aromatic rings. The van der Waals surface area contributed by atoms with Gasteiger partial charge in [0.25, 0.3) is 5.82 Å². The van der Waals surface area contributed by atoms with Crippen LogP contribution in [0.4, 0.5) is 0 Å². The van der Waals surface area contributed by atoms with Crippen LogP contribution < -0.4 is 9.53 Å². The fourth-order valence-electron chi connectivity index (χ4n) is 3.24. The van der Waals surface area contributed by atoms with Gasteiger partial charge in [0.1, 0.15) is 23.7 Å². The van der Waals surface area contributed by atoms with Crippen LogP contribution in [-0.2, 0) is 0 Å². The van der Waals surface area contributed by atoms with E-state index in [1.54, 1.807) is 33.3 Å². The molecule has 3 heterocycles. The van der Waals surface area contributed by atoms with Gasteiger partial charge < -0.3 is 9.64 Å². The van der Waals surface area contributed by atoms with Gasteiger partial charge in [0.05, 0.1) is 6.20 Å². The lowest BCUT2D eigenvalue weighted by Crippen LogP contribution is -2.43. The van der Waals surface area contributed by atoms with Crippen molar-refractivity contribution in [2.45, 2.75) is 27.7 Å². The first-order valence-electron chi connectivity index (χ1n) is 10.8. The average Bonchev–Trinajstić information content (AvgIpc) is 3.41. The normalized spacial score (nSPS) is 11.3. The summed E-state index contributed by atoms with van der Waals surface area (Å²) in [7, 11) is 0. The third-order valence-electron chi connectivity index (χ3n) is 5.31. The van der Waals surface area contributed by atoms with Crippen LogP contribution in [-0.4, -0.2) is 56.1 Å². The van der Waals surface area contributed by atoms with Crippen LogP contribution in [0.25, 0.3) is 22.2 Å². The standard InChI is InChI=1S/C23H28N7OS/c1-5-28(6-2)14-15-31-21-11-9-19(10-12-21)22-26-29(20-8-7-13-24-16-20)30(27-22)23-25-17(3)18(4)32-23/h7-13,16H,5-6,14-15H2,1-4H3/q+1. The Morgan fingerprint density at radius 2 is 1.88 bits per heavy atom. The molecule has 0 aliphatic heterocycles. The number of tetrazole rings is 1. The molecule has 0 spiro atoms. The molecule has 0 unspecified atom stereocenters. The molecule has 4 rings (SSSR count). The van der Waals surface area contributed by atoms with Crippen LogP contribution >= 0.6 is 11.3 Å². The molecule has 0 saturated carbocycles. The van der Waals surface area contributed by atoms with Crippen LogP contribution in [0, 0.1) is 13.8 Å². The van der Waals surface area contributed by atoms with E-state index in [0.29, 0.717) is 12.4 Å². The molecular formula is C23H28N7OS+. The minimum atomic E-state index is 0.606. The minimum absolute atomic E-state index is 0.606. The van der Waals surface area contributed by atoms with Crippen molar-refractivity contribution in [3.8, 4) is 28.0 Å². The van der Waals surface area contributed by atoms with Gasteiger partial charge in [0.15, 0.2) is 0 Å². The molecular weight excluding hydrogens is 422 g/mol. The number of benzene rings is 1. The van der Waals surface area contributed by atoms with Gasteiger partial charge in [-0.2, -0.15) is 0 Å². The molecule has 3 aromatic heterocycles. The molecule has 9 heteroatoms. The van der Waals surface area contributed by atoms with Crippen molar-refractivity contribution in [1.29, 1.82) is 0 Å². The van der Waals surface area contributed by atoms with Crippen molar-refractivity contribution in [2.75, 3.05) is 26.2 Å². The number of hydrogen-bond acceptors (Lipinski definition) is 7. The van der Waals surface area contributed by atoms with Gasteiger partial charge in [-0.05, 0) is 78.0 Å². The molecule has 166 valence electrons. The SMILES string of the molecule is CCN(CC)CCOc1ccc(-c2nn(-c3cccnc3)[n+](-c3nc(C)c(C)s3)n2)cc1. The lowest BCUT2D eigenvalue weighted by molar-refractivity contribution is -0.734. The van der Waals surface area contributed by atoms with Gasteiger partial charge >= 0.3 is 5.13 Å². The van der Waals surface area contributed by atoms with E-state index >= 15 is 0 Å². The van der Waals surface area contributed by atoms with Gasteiger partial charge in [0, 0.05) is 28.3 Å².